The van der Waals surface area contributed by atoms with Crippen molar-refractivity contribution in [2.24, 2.45) is 0 Å². The summed E-state index contributed by atoms with van der Waals surface area (Å²) >= 11 is 0. The normalized spacial score (nSPS) is 12.4. The number of hydrogen-bond donors (Lipinski definition) is 1. The van der Waals surface area contributed by atoms with Gasteiger partial charge in [-0.05, 0) is 36.5 Å². The van der Waals surface area contributed by atoms with Gasteiger partial charge in [0.25, 0.3) is 0 Å². The molecule has 1 fully saturated rings. The first kappa shape index (κ1) is 17.8. The fourth-order valence-electron chi connectivity index (χ4n) is 2.34. The second-order valence-corrected chi connectivity index (χ2v) is 5.54. The van der Waals surface area contributed by atoms with Crippen molar-refractivity contribution >= 4 is 0 Å². The molecule has 0 amide bonds. The Morgan fingerprint density at radius 3 is 2.43 bits per heavy atom. The van der Waals surface area contributed by atoms with E-state index in [-0.39, 0.29) is 0 Å². The molecule has 1 heterocycles. The van der Waals surface area contributed by atoms with Crippen LogP contribution in [0.2, 0.25) is 0 Å². The van der Waals surface area contributed by atoms with Crippen molar-refractivity contribution in [1.82, 2.24) is 0 Å². The van der Waals surface area contributed by atoms with Gasteiger partial charge in [-0.2, -0.15) is 0 Å². The Bertz CT molecular complexity index is 394. The van der Waals surface area contributed by atoms with Crippen LogP contribution in [-0.4, -0.2) is 18.3 Å². The topological polar surface area (TPSA) is 32.8 Å². The minimum atomic E-state index is 0.447. The van der Waals surface area contributed by atoms with Crippen LogP contribution in [0.1, 0.15) is 56.6 Å². The average molecular weight is 290 g/mol. The summed E-state index contributed by atoms with van der Waals surface area (Å²) < 4.78 is 4.50. The van der Waals surface area contributed by atoms with E-state index in [1.165, 1.54) is 44.1 Å². The van der Waals surface area contributed by atoms with Gasteiger partial charge in [0.2, 0.25) is 0 Å². The van der Waals surface area contributed by atoms with Gasteiger partial charge in [-0.15, -0.1) is 6.58 Å². The molecule has 0 aromatic heterocycles. The highest BCUT2D eigenvalue weighted by atomic mass is 16.6. The van der Waals surface area contributed by atoms with Crippen LogP contribution < -0.4 is 0 Å². The van der Waals surface area contributed by atoms with Crippen molar-refractivity contribution in [2.75, 3.05) is 13.2 Å². The molecule has 1 saturated heterocycles. The van der Waals surface area contributed by atoms with Crippen molar-refractivity contribution in [3.8, 4) is 5.75 Å². The summed E-state index contributed by atoms with van der Waals surface area (Å²) in [6, 6.07) is 5.80. The van der Waals surface area contributed by atoms with E-state index in [1.54, 1.807) is 6.07 Å². The van der Waals surface area contributed by atoms with E-state index in [2.05, 4.69) is 24.3 Å². The summed E-state index contributed by atoms with van der Waals surface area (Å²) in [5, 5.41) is 9.92. The van der Waals surface area contributed by atoms with Crippen LogP contribution in [0, 0.1) is 0 Å². The number of phenolic OH excluding ortho intramolecular Hbond substituents is 1. The maximum absolute atomic E-state index is 9.92. The van der Waals surface area contributed by atoms with Gasteiger partial charge in [0.15, 0.2) is 0 Å². The number of unbranched alkanes of at least 4 members (excludes halogenated alkanes) is 5. The molecule has 0 aliphatic carbocycles. The van der Waals surface area contributed by atoms with Crippen LogP contribution in [-0.2, 0) is 17.6 Å². The number of aromatic hydroxyl groups is 1. The molecule has 2 rings (SSSR count). The van der Waals surface area contributed by atoms with E-state index in [9.17, 15) is 5.11 Å². The van der Waals surface area contributed by atoms with E-state index < -0.39 is 0 Å². The first-order valence-electron chi connectivity index (χ1n) is 8.28. The minimum Gasteiger partial charge on any atom is -0.508 e. The molecule has 0 spiro atoms. The summed E-state index contributed by atoms with van der Waals surface area (Å²) in [7, 11) is 0. The number of allylic oxidation sites excluding steroid dienone is 1. The van der Waals surface area contributed by atoms with Crippen LogP contribution in [0.4, 0.5) is 0 Å². The molecular formula is C19H30O2. The fraction of sp³-hybridized carbons (Fsp3) is 0.579. The maximum Gasteiger partial charge on any atom is 0.119 e. The van der Waals surface area contributed by atoms with Gasteiger partial charge in [0, 0.05) is 0 Å². The first-order chi connectivity index (χ1) is 10.3. The quantitative estimate of drug-likeness (QED) is 0.392. The first-order valence-corrected chi connectivity index (χ1v) is 8.28. The Hall–Kier alpha value is -1.28. The van der Waals surface area contributed by atoms with Crippen LogP contribution in [0.3, 0.4) is 0 Å². The largest absolute Gasteiger partial charge is 0.508 e. The monoisotopic (exact) mass is 290 g/mol. The third-order valence-corrected chi connectivity index (χ3v) is 3.60. The fourth-order valence-corrected chi connectivity index (χ4v) is 2.34. The summed E-state index contributed by atoms with van der Waals surface area (Å²) in [6.07, 6.45) is 11.5. The van der Waals surface area contributed by atoms with Gasteiger partial charge in [-0.1, -0.05) is 57.2 Å². The molecule has 1 N–H and O–H groups in total. The molecular weight excluding hydrogens is 260 g/mol. The lowest BCUT2D eigenvalue weighted by molar-refractivity contribution is 0.465. The van der Waals surface area contributed by atoms with Crippen molar-refractivity contribution in [1.29, 1.82) is 0 Å². The zero-order chi connectivity index (χ0) is 15.3. The lowest BCUT2D eigenvalue weighted by atomic mass is 9.97. The number of benzene rings is 1. The molecule has 1 aliphatic heterocycles. The van der Waals surface area contributed by atoms with Gasteiger partial charge >= 0.3 is 0 Å². The minimum absolute atomic E-state index is 0.447. The zero-order valence-electron chi connectivity index (χ0n) is 13.4. The van der Waals surface area contributed by atoms with Gasteiger partial charge in [0.1, 0.15) is 5.75 Å². The van der Waals surface area contributed by atoms with Crippen LogP contribution in [0.5, 0.6) is 5.75 Å². The van der Waals surface area contributed by atoms with Crippen molar-refractivity contribution in [3.05, 3.63) is 42.0 Å². The highest BCUT2D eigenvalue weighted by molar-refractivity contribution is 5.40. The molecule has 1 aromatic rings. The Morgan fingerprint density at radius 1 is 1.14 bits per heavy atom. The van der Waals surface area contributed by atoms with E-state index in [0.717, 1.165) is 31.6 Å². The highest BCUT2D eigenvalue weighted by Crippen LogP contribution is 2.24. The predicted octanol–water partition coefficient (Wildman–Crippen LogP) is 5.04. The Morgan fingerprint density at radius 2 is 1.81 bits per heavy atom. The van der Waals surface area contributed by atoms with Gasteiger partial charge in [0.05, 0.1) is 13.2 Å². The SMILES string of the molecule is C1CO1.C=CCc1cccc(O)c1CCCCCCCC. The lowest BCUT2D eigenvalue weighted by Gasteiger charge is -2.10. The zero-order valence-corrected chi connectivity index (χ0v) is 13.4. The van der Waals surface area contributed by atoms with E-state index in [4.69, 9.17) is 0 Å². The van der Waals surface area contributed by atoms with E-state index >= 15 is 0 Å². The van der Waals surface area contributed by atoms with Crippen LogP contribution >= 0.6 is 0 Å². The Balaban J connectivity index is 0.000000647. The number of ether oxygens (including phenoxy) is 1. The third-order valence-electron chi connectivity index (χ3n) is 3.60. The number of rotatable bonds is 9. The lowest BCUT2D eigenvalue weighted by Crippen LogP contribution is -1.94. The van der Waals surface area contributed by atoms with Gasteiger partial charge < -0.3 is 9.84 Å². The molecule has 1 aromatic carbocycles. The van der Waals surface area contributed by atoms with Gasteiger partial charge in [-0.25, -0.2) is 0 Å². The summed E-state index contributed by atoms with van der Waals surface area (Å²) in [5.41, 5.74) is 2.34. The van der Waals surface area contributed by atoms with Crippen LogP contribution in [0.15, 0.2) is 30.9 Å². The molecule has 2 heteroatoms. The summed E-state index contributed by atoms with van der Waals surface area (Å²) in [5.74, 6) is 0.447. The van der Waals surface area contributed by atoms with Gasteiger partial charge in [-0.3, -0.25) is 0 Å². The number of epoxide rings is 1. The molecule has 2 nitrogen and oxygen atoms in total. The molecule has 0 radical (unpaired) electrons. The summed E-state index contributed by atoms with van der Waals surface area (Å²) in [6.45, 7) is 8.01. The highest BCUT2D eigenvalue weighted by Gasteiger charge is 2.06. The molecule has 0 bridgehead atoms. The second kappa shape index (κ2) is 11.4. The molecule has 1 aliphatic rings. The second-order valence-electron chi connectivity index (χ2n) is 5.54. The summed E-state index contributed by atoms with van der Waals surface area (Å²) in [4.78, 5) is 0. The standard InChI is InChI=1S/C17H26O.C2H4O/c1-3-5-6-7-8-9-13-16-15(11-4-2)12-10-14-17(16)18;1-2-3-1/h4,10,12,14,18H,2-3,5-9,11,13H2,1H3;1-2H2. The molecule has 21 heavy (non-hydrogen) atoms. The van der Waals surface area contributed by atoms with E-state index in [1.807, 2.05) is 12.1 Å². The molecule has 118 valence electrons. The molecule has 0 atom stereocenters. The third kappa shape index (κ3) is 8.56. The Kier molecular flexibility index (Phi) is 9.64. The number of hydrogen-bond acceptors (Lipinski definition) is 2. The smallest absolute Gasteiger partial charge is 0.119 e. The average Bonchev–Trinajstić information content (AvgIpc) is 3.34. The van der Waals surface area contributed by atoms with E-state index in [0.29, 0.717) is 5.75 Å². The molecule has 0 saturated carbocycles. The van der Waals surface area contributed by atoms with Crippen molar-refractivity contribution in [2.45, 2.75) is 58.3 Å². The van der Waals surface area contributed by atoms with Crippen LogP contribution in [0.25, 0.3) is 0 Å². The van der Waals surface area contributed by atoms with Crippen molar-refractivity contribution in [3.63, 3.8) is 0 Å². The number of phenols is 1. The van der Waals surface area contributed by atoms with Crippen molar-refractivity contribution < 1.29 is 9.84 Å². The molecule has 0 unspecified atom stereocenters. The maximum atomic E-state index is 9.92. The Labute approximate surface area is 129 Å². The predicted molar refractivity (Wildman–Crippen MR) is 89.9 cm³/mol.